The Kier molecular flexibility index (Phi) is 14.6. The molecule has 246 valence electrons. The van der Waals surface area contributed by atoms with Crippen molar-refractivity contribution >= 4 is 29.6 Å². The Hall–Kier alpha value is -3.63. The third-order valence-corrected chi connectivity index (χ3v) is 6.98. The van der Waals surface area contributed by atoms with Crippen molar-refractivity contribution in [3.05, 3.63) is 35.9 Å². The number of amides is 4. The van der Waals surface area contributed by atoms with E-state index in [9.17, 15) is 34.2 Å². The zero-order valence-electron chi connectivity index (χ0n) is 25.6. The average molecular weight is 625 g/mol. The number of nitrogens with two attached hydrogens (primary N) is 1. The number of carbonyl (C=O) groups is 5. The van der Waals surface area contributed by atoms with Crippen LogP contribution in [0.5, 0.6) is 0 Å². The van der Waals surface area contributed by atoms with Crippen LogP contribution in [0.4, 0.5) is 0 Å². The summed E-state index contributed by atoms with van der Waals surface area (Å²) in [4.78, 5) is 61.8. The maximum Gasteiger partial charge on any atom is 0.305 e. The molecule has 7 N–H and O–H groups in total. The maximum absolute atomic E-state index is 13.2. The summed E-state index contributed by atoms with van der Waals surface area (Å²) >= 11 is 0. The fourth-order valence-electron chi connectivity index (χ4n) is 4.53. The van der Waals surface area contributed by atoms with Gasteiger partial charge in [-0.2, -0.15) is 0 Å². The van der Waals surface area contributed by atoms with Crippen LogP contribution in [-0.2, 0) is 49.5 Å². The normalized spacial score (nSPS) is 23.6. The van der Waals surface area contributed by atoms with Crippen molar-refractivity contribution in [1.82, 2.24) is 16.0 Å². The Morgan fingerprint density at radius 3 is 2.25 bits per heavy atom. The highest BCUT2D eigenvalue weighted by Crippen LogP contribution is 2.26. The Bertz CT molecular complexity index is 1120. The van der Waals surface area contributed by atoms with E-state index in [0.29, 0.717) is 0 Å². The van der Waals surface area contributed by atoms with Crippen LogP contribution >= 0.6 is 0 Å². The molecule has 0 saturated carbocycles. The average Bonchev–Trinajstić information content (AvgIpc) is 2.98. The molecule has 1 aliphatic heterocycles. The number of benzene rings is 1. The molecule has 2 rings (SSSR count). The minimum Gasteiger partial charge on any atom is -0.469 e. The number of primary amides is 1. The van der Waals surface area contributed by atoms with Crippen LogP contribution < -0.4 is 21.7 Å². The van der Waals surface area contributed by atoms with Gasteiger partial charge in [0.05, 0.1) is 20.3 Å². The van der Waals surface area contributed by atoms with Crippen molar-refractivity contribution in [1.29, 1.82) is 0 Å². The summed E-state index contributed by atoms with van der Waals surface area (Å²) in [5.74, 6) is -3.85. The van der Waals surface area contributed by atoms with Gasteiger partial charge in [0.25, 0.3) is 0 Å². The van der Waals surface area contributed by atoms with Gasteiger partial charge in [-0.1, -0.05) is 44.2 Å². The molecule has 15 nitrogen and oxygen atoms in total. The van der Waals surface area contributed by atoms with E-state index in [1.165, 1.54) is 21.0 Å². The monoisotopic (exact) mass is 624 g/mol. The van der Waals surface area contributed by atoms with E-state index in [0.717, 1.165) is 5.56 Å². The van der Waals surface area contributed by atoms with Crippen LogP contribution in [0, 0.1) is 5.92 Å². The number of ether oxygens (including phenoxy) is 4. The maximum atomic E-state index is 13.2. The van der Waals surface area contributed by atoms with Gasteiger partial charge in [-0.15, -0.1) is 0 Å². The van der Waals surface area contributed by atoms with Crippen LogP contribution in [0.1, 0.15) is 46.1 Å². The molecule has 0 radical (unpaired) electrons. The van der Waals surface area contributed by atoms with Gasteiger partial charge in [-0.05, 0) is 24.8 Å². The smallest absolute Gasteiger partial charge is 0.305 e. The van der Waals surface area contributed by atoms with Gasteiger partial charge >= 0.3 is 5.97 Å². The number of methoxy groups -OCH3 is 1. The Morgan fingerprint density at radius 2 is 1.70 bits per heavy atom. The van der Waals surface area contributed by atoms with Crippen LogP contribution in [0.2, 0.25) is 0 Å². The standard InChI is InChI=1S/C29H44N4O11/c1-15(2)22(28(40)32-19(26(30)38)11-12-21(36)41-5)33-27(39)16(3)43-25-23(31-17(4)35)29(44-20(13-34)24(25)37)42-14-18-9-7-6-8-10-18/h6-10,15-16,19-20,22-25,29,34,37H,11-14H2,1-5H3,(H2,30,38)(H,31,35)(H,32,40)(H,33,39)/t16?,19-,20-,22+,23-,24-,25-,29+/m1/s1. The third-order valence-electron chi connectivity index (χ3n) is 6.98. The fraction of sp³-hybridized carbons (Fsp3) is 0.621. The van der Waals surface area contributed by atoms with Crippen molar-refractivity contribution in [2.75, 3.05) is 13.7 Å². The summed E-state index contributed by atoms with van der Waals surface area (Å²) in [6.07, 6.45) is -6.61. The molecule has 1 aromatic carbocycles. The molecule has 4 amide bonds. The van der Waals surface area contributed by atoms with Gasteiger partial charge in [0, 0.05) is 13.3 Å². The highest BCUT2D eigenvalue weighted by Gasteiger charge is 2.48. The van der Waals surface area contributed by atoms with Crippen LogP contribution in [0.25, 0.3) is 0 Å². The van der Waals surface area contributed by atoms with E-state index in [1.807, 2.05) is 30.3 Å². The van der Waals surface area contributed by atoms with Crippen molar-refractivity contribution < 1.29 is 53.1 Å². The predicted molar refractivity (Wildman–Crippen MR) is 154 cm³/mol. The van der Waals surface area contributed by atoms with Gasteiger partial charge in [0.15, 0.2) is 6.29 Å². The Morgan fingerprint density at radius 1 is 1.05 bits per heavy atom. The molecule has 0 spiro atoms. The second-order valence-electron chi connectivity index (χ2n) is 10.8. The quantitative estimate of drug-likeness (QED) is 0.118. The summed E-state index contributed by atoms with van der Waals surface area (Å²) in [6, 6.07) is 5.71. The number of hydrogen-bond acceptors (Lipinski definition) is 11. The molecule has 0 bridgehead atoms. The summed E-state index contributed by atoms with van der Waals surface area (Å²) in [5.41, 5.74) is 6.19. The number of carbonyl (C=O) groups excluding carboxylic acids is 5. The van der Waals surface area contributed by atoms with E-state index >= 15 is 0 Å². The van der Waals surface area contributed by atoms with Crippen LogP contribution in [0.15, 0.2) is 30.3 Å². The van der Waals surface area contributed by atoms with Gasteiger partial charge in [0.2, 0.25) is 23.6 Å². The highest BCUT2D eigenvalue weighted by molar-refractivity contribution is 5.92. The second kappa shape index (κ2) is 17.6. The molecule has 15 heteroatoms. The Labute approximate surface area is 256 Å². The summed E-state index contributed by atoms with van der Waals surface area (Å²) in [7, 11) is 1.19. The largest absolute Gasteiger partial charge is 0.469 e. The van der Waals surface area contributed by atoms with Gasteiger partial charge in [0.1, 0.15) is 42.5 Å². The van der Waals surface area contributed by atoms with Crippen LogP contribution in [0.3, 0.4) is 0 Å². The molecular formula is C29H44N4O11. The molecule has 44 heavy (non-hydrogen) atoms. The number of aliphatic hydroxyl groups excluding tert-OH is 2. The van der Waals surface area contributed by atoms with Gasteiger partial charge in [-0.25, -0.2) is 0 Å². The topological polar surface area (TPSA) is 225 Å². The molecule has 1 fully saturated rings. The van der Waals surface area contributed by atoms with Crippen molar-refractivity contribution in [2.45, 2.75) is 96.0 Å². The lowest BCUT2D eigenvalue weighted by Gasteiger charge is -2.44. The molecule has 1 aromatic rings. The summed E-state index contributed by atoms with van der Waals surface area (Å²) in [6.45, 7) is 5.44. The molecule has 0 aromatic heterocycles. The van der Waals surface area contributed by atoms with E-state index in [-0.39, 0.29) is 19.4 Å². The minimum atomic E-state index is -1.47. The van der Waals surface area contributed by atoms with E-state index in [4.69, 9.17) is 19.9 Å². The number of esters is 1. The molecule has 0 aliphatic carbocycles. The zero-order valence-corrected chi connectivity index (χ0v) is 25.6. The number of rotatable bonds is 16. The lowest BCUT2D eigenvalue weighted by Crippen LogP contribution is -2.66. The minimum absolute atomic E-state index is 0.0791. The third kappa shape index (κ3) is 10.8. The van der Waals surface area contributed by atoms with Gasteiger partial charge in [-0.3, -0.25) is 24.0 Å². The number of hydrogen-bond donors (Lipinski definition) is 6. The number of nitrogens with one attached hydrogen (secondary N) is 3. The number of aliphatic hydroxyl groups is 2. The predicted octanol–water partition coefficient (Wildman–Crippen LogP) is -1.38. The lowest BCUT2D eigenvalue weighted by molar-refractivity contribution is -0.283. The Balaban J connectivity index is 2.18. The first-order chi connectivity index (χ1) is 20.8. The van der Waals surface area contributed by atoms with Gasteiger partial charge < -0.3 is 50.8 Å². The van der Waals surface area contributed by atoms with E-state index in [1.54, 1.807) is 13.8 Å². The van der Waals surface area contributed by atoms with Crippen molar-refractivity contribution in [3.8, 4) is 0 Å². The molecule has 1 aliphatic rings. The molecule has 1 unspecified atom stereocenters. The first-order valence-electron chi connectivity index (χ1n) is 14.3. The molecule has 8 atom stereocenters. The second-order valence-corrected chi connectivity index (χ2v) is 10.8. The molecule has 1 heterocycles. The van der Waals surface area contributed by atoms with E-state index in [2.05, 4.69) is 20.7 Å². The lowest BCUT2D eigenvalue weighted by atomic mass is 9.96. The summed E-state index contributed by atoms with van der Waals surface area (Å²) < 4.78 is 22.1. The fourth-order valence-corrected chi connectivity index (χ4v) is 4.53. The first kappa shape index (κ1) is 36.6. The van der Waals surface area contributed by atoms with Crippen LogP contribution in [-0.4, -0.2) is 102 Å². The summed E-state index contributed by atoms with van der Waals surface area (Å²) in [5, 5.41) is 28.5. The van der Waals surface area contributed by atoms with E-state index < -0.39 is 91.0 Å². The zero-order chi connectivity index (χ0) is 33.0. The van der Waals surface area contributed by atoms with Crippen molar-refractivity contribution in [2.24, 2.45) is 11.7 Å². The van der Waals surface area contributed by atoms with Crippen molar-refractivity contribution in [3.63, 3.8) is 0 Å². The molecular weight excluding hydrogens is 580 g/mol. The highest BCUT2D eigenvalue weighted by atomic mass is 16.7. The molecule has 1 saturated heterocycles. The first-order valence-corrected chi connectivity index (χ1v) is 14.3. The SMILES string of the molecule is COC(=O)CC[C@@H](NC(=O)[C@@H](NC(=O)C(C)O[C@H]1[C@H](O)[C@@H](CO)O[C@H](OCc2ccccc2)[C@@H]1NC(C)=O)C(C)C)C(N)=O.